The summed E-state index contributed by atoms with van der Waals surface area (Å²) < 4.78 is 19.9. The Morgan fingerprint density at radius 3 is 2.36 bits per heavy atom. The van der Waals surface area contributed by atoms with Crippen LogP contribution < -0.4 is 4.74 Å². The summed E-state index contributed by atoms with van der Waals surface area (Å²) in [5.74, 6) is 0.504. The van der Waals surface area contributed by atoms with Crippen molar-refractivity contribution in [3.63, 3.8) is 0 Å². The molecule has 0 atom stereocenters. The van der Waals surface area contributed by atoms with Gasteiger partial charge in [0.2, 0.25) is 0 Å². The Morgan fingerprint density at radius 1 is 0.920 bits per heavy atom. The molecule has 0 N–H and O–H groups in total. The monoisotopic (exact) mass is 354 g/mol. The zero-order valence-electron chi connectivity index (χ0n) is 14.4. The van der Waals surface area contributed by atoms with Gasteiger partial charge in [-0.15, -0.1) is 0 Å². The number of rotatable bonds is 5. The van der Waals surface area contributed by atoms with Gasteiger partial charge in [-0.3, -0.25) is 0 Å². The highest BCUT2D eigenvalue weighted by molar-refractivity contribution is 6.30. The molecule has 0 fully saturated rings. The summed E-state index contributed by atoms with van der Waals surface area (Å²) in [6.45, 7) is 4.70. The zero-order valence-corrected chi connectivity index (χ0v) is 15.1. The molecule has 3 rings (SSSR count). The first-order chi connectivity index (χ1) is 12.0. The van der Waals surface area contributed by atoms with E-state index < -0.39 is 0 Å². The average molecular weight is 355 g/mol. The van der Waals surface area contributed by atoms with E-state index >= 15 is 0 Å². The van der Waals surface area contributed by atoms with Crippen molar-refractivity contribution < 1.29 is 9.13 Å². The Hall–Kier alpha value is -2.32. The molecule has 0 spiro atoms. The molecule has 1 nitrogen and oxygen atoms in total. The second-order valence-corrected chi connectivity index (χ2v) is 6.66. The minimum atomic E-state index is -0.283. The topological polar surface area (TPSA) is 9.23 Å². The van der Waals surface area contributed by atoms with E-state index in [-0.39, 0.29) is 5.82 Å². The molecule has 3 heteroatoms. The number of halogens is 2. The molecule has 3 aromatic rings. The van der Waals surface area contributed by atoms with Crippen LogP contribution in [-0.4, -0.2) is 0 Å². The van der Waals surface area contributed by atoms with E-state index in [4.69, 9.17) is 16.3 Å². The van der Waals surface area contributed by atoms with Crippen molar-refractivity contribution in [3.05, 3.63) is 99.3 Å². The van der Waals surface area contributed by atoms with Crippen LogP contribution in [0, 0.1) is 19.7 Å². The van der Waals surface area contributed by atoms with E-state index in [2.05, 4.69) is 32.0 Å². The van der Waals surface area contributed by atoms with Crippen LogP contribution in [-0.2, 0) is 13.0 Å². The summed E-state index contributed by atoms with van der Waals surface area (Å²) in [6.07, 6.45) is 0.504. The Kier molecular flexibility index (Phi) is 5.40. The maximum absolute atomic E-state index is 14.0. The van der Waals surface area contributed by atoms with Crippen molar-refractivity contribution in [2.45, 2.75) is 26.9 Å². The third-order valence-electron chi connectivity index (χ3n) is 4.34. The lowest BCUT2D eigenvalue weighted by molar-refractivity contribution is 0.304. The molecule has 25 heavy (non-hydrogen) atoms. The van der Waals surface area contributed by atoms with Crippen molar-refractivity contribution in [2.24, 2.45) is 0 Å². The number of aryl methyl sites for hydroxylation is 2. The van der Waals surface area contributed by atoms with Crippen LogP contribution in [0.1, 0.15) is 27.8 Å². The number of hydrogen-bond donors (Lipinski definition) is 0. The van der Waals surface area contributed by atoms with Gasteiger partial charge in [-0.05, 0) is 65.9 Å². The molecule has 0 aliphatic heterocycles. The fourth-order valence-corrected chi connectivity index (χ4v) is 3.02. The highest BCUT2D eigenvalue weighted by atomic mass is 35.5. The second kappa shape index (κ2) is 7.71. The minimum absolute atomic E-state index is 0.283. The van der Waals surface area contributed by atoms with Crippen molar-refractivity contribution in [2.75, 3.05) is 0 Å². The van der Waals surface area contributed by atoms with Gasteiger partial charge in [0, 0.05) is 11.4 Å². The Balaban J connectivity index is 1.73. The van der Waals surface area contributed by atoms with Gasteiger partial charge in [0.05, 0.1) is 0 Å². The average Bonchev–Trinajstić information content (AvgIpc) is 2.57. The fraction of sp³-hybridized carbons (Fsp3) is 0.182. The van der Waals surface area contributed by atoms with Gasteiger partial charge in [0.15, 0.2) is 0 Å². The molecule has 128 valence electrons. The fourth-order valence-electron chi connectivity index (χ4n) is 2.86. The molecule has 0 aromatic heterocycles. The van der Waals surface area contributed by atoms with Crippen LogP contribution in [0.3, 0.4) is 0 Å². The molecular formula is C22H20ClFO. The van der Waals surface area contributed by atoms with E-state index in [1.54, 1.807) is 12.1 Å². The van der Waals surface area contributed by atoms with Gasteiger partial charge in [-0.1, -0.05) is 48.0 Å². The van der Waals surface area contributed by atoms with E-state index in [0.717, 1.165) is 11.3 Å². The van der Waals surface area contributed by atoms with E-state index in [1.807, 2.05) is 24.3 Å². The van der Waals surface area contributed by atoms with Crippen LogP contribution in [0.5, 0.6) is 5.75 Å². The van der Waals surface area contributed by atoms with Gasteiger partial charge in [0.1, 0.15) is 18.2 Å². The summed E-state index contributed by atoms with van der Waals surface area (Å²) in [4.78, 5) is 0. The summed E-state index contributed by atoms with van der Waals surface area (Å²) in [6, 6.07) is 18.8. The van der Waals surface area contributed by atoms with Gasteiger partial charge in [-0.2, -0.15) is 0 Å². The molecule has 0 radical (unpaired) electrons. The second-order valence-electron chi connectivity index (χ2n) is 6.22. The third-order valence-corrected chi connectivity index (χ3v) is 4.57. The minimum Gasteiger partial charge on any atom is -0.489 e. The van der Waals surface area contributed by atoms with Crippen molar-refractivity contribution in [3.8, 4) is 5.75 Å². The summed E-state index contributed by atoms with van der Waals surface area (Å²) in [7, 11) is 0. The zero-order chi connectivity index (χ0) is 17.8. The lowest BCUT2D eigenvalue weighted by atomic mass is 10.0. The first-order valence-electron chi connectivity index (χ1n) is 8.23. The van der Waals surface area contributed by atoms with Crippen LogP contribution in [0.4, 0.5) is 4.39 Å². The quantitative estimate of drug-likeness (QED) is 0.525. The number of hydrogen-bond acceptors (Lipinski definition) is 1. The first-order valence-corrected chi connectivity index (χ1v) is 8.61. The summed E-state index contributed by atoms with van der Waals surface area (Å²) in [5.41, 5.74) is 5.27. The van der Waals surface area contributed by atoms with Crippen LogP contribution in [0.15, 0.2) is 60.7 Å². The smallest absolute Gasteiger partial charge is 0.128 e. The third kappa shape index (κ3) is 4.40. The molecular weight excluding hydrogens is 335 g/mol. The highest BCUT2D eigenvalue weighted by Gasteiger charge is 2.07. The van der Waals surface area contributed by atoms with Crippen molar-refractivity contribution in [1.82, 2.24) is 0 Å². The molecule has 0 aliphatic rings. The molecule has 0 heterocycles. The molecule has 3 aromatic carbocycles. The summed E-state index contributed by atoms with van der Waals surface area (Å²) >= 11 is 5.81. The van der Waals surface area contributed by atoms with Gasteiger partial charge in [-0.25, -0.2) is 4.39 Å². The van der Waals surface area contributed by atoms with E-state index in [1.165, 1.54) is 22.8 Å². The summed E-state index contributed by atoms with van der Waals surface area (Å²) in [5, 5.41) is 0.409. The van der Waals surface area contributed by atoms with E-state index in [0.29, 0.717) is 23.6 Å². The molecule has 0 bridgehead atoms. The number of benzene rings is 3. The Labute approximate surface area is 153 Å². The molecule has 0 aliphatic carbocycles. The molecule has 0 unspecified atom stereocenters. The highest BCUT2D eigenvalue weighted by Crippen LogP contribution is 2.22. The van der Waals surface area contributed by atoms with E-state index in [9.17, 15) is 4.39 Å². The predicted octanol–water partition coefficient (Wildman–Crippen LogP) is 6.27. The Morgan fingerprint density at radius 2 is 1.64 bits per heavy atom. The van der Waals surface area contributed by atoms with Crippen LogP contribution in [0.25, 0.3) is 0 Å². The van der Waals surface area contributed by atoms with Crippen molar-refractivity contribution >= 4 is 11.6 Å². The van der Waals surface area contributed by atoms with Crippen LogP contribution in [0.2, 0.25) is 5.02 Å². The lowest BCUT2D eigenvalue weighted by Crippen LogP contribution is -2.01. The largest absolute Gasteiger partial charge is 0.489 e. The Bertz CT molecular complexity index is 869. The number of ether oxygens (including phenoxy) is 1. The first kappa shape index (κ1) is 17.5. The van der Waals surface area contributed by atoms with Crippen molar-refractivity contribution in [1.29, 1.82) is 0 Å². The lowest BCUT2D eigenvalue weighted by Gasteiger charge is -2.12. The molecule has 0 saturated heterocycles. The van der Waals surface area contributed by atoms with Crippen LogP contribution >= 0.6 is 11.6 Å². The van der Waals surface area contributed by atoms with Gasteiger partial charge >= 0.3 is 0 Å². The maximum Gasteiger partial charge on any atom is 0.128 e. The van der Waals surface area contributed by atoms with Gasteiger partial charge in [0.25, 0.3) is 0 Å². The molecule has 0 saturated carbocycles. The predicted molar refractivity (Wildman–Crippen MR) is 101 cm³/mol. The molecule has 0 amide bonds. The normalized spacial score (nSPS) is 10.7. The standard InChI is InChI=1S/C22H20ClFO/c1-15-5-3-6-16(2)21(15)14-25-20-8-4-7-17(12-20)11-18-9-10-19(23)13-22(18)24/h3-10,12-13H,11,14H2,1-2H3. The SMILES string of the molecule is Cc1cccc(C)c1COc1cccc(Cc2ccc(Cl)cc2F)c1. The van der Waals surface area contributed by atoms with Gasteiger partial charge < -0.3 is 4.74 Å². The maximum atomic E-state index is 14.0.